The van der Waals surface area contributed by atoms with E-state index in [1.165, 1.54) is 0 Å². The van der Waals surface area contributed by atoms with Crippen LogP contribution in [0.2, 0.25) is 0 Å². The van der Waals surface area contributed by atoms with Gasteiger partial charge in [0.25, 0.3) is 0 Å². The molecule has 0 fully saturated rings. The van der Waals surface area contributed by atoms with E-state index < -0.39 is 6.04 Å². The number of halogens is 1. The normalized spacial score (nSPS) is 12.9. The van der Waals surface area contributed by atoms with E-state index in [1.807, 2.05) is 75.4 Å². The molecule has 0 bridgehead atoms. The van der Waals surface area contributed by atoms with Gasteiger partial charge in [-0.05, 0) is 36.6 Å². The number of carbonyl (C=O) groups excluding carboxylic acids is 2. The van der Waals surface area contributed by atoms with Gasteiger partial charge in [-0.25, -0.2) is 0 Å². The first kappa shape index (κ1) is 22.2. The molecule has 0 heterocycles. The molecule has 0 aliphatic carbocycles. The minimum absolute atomic E-state index is 0.0276. The fraction of sp³-hybridized carbons (Fsp3) is 0.391. The standard InChI is InChI=1S/C23H29BrN2O2/c1-4-17(3)25-23(28)21(15-18-10-7-6-8-11-18)26(22(27)5-2)16-19-12-9-13-20(24)14-19/h6-14,17,21H,4-5,15-16H2,1-3H3,(H,25,28)/t17-,21+/m0/s1. The van der Waals surface area contributed by atoms with Crippen molar-refractivity contribution in [3.05, 3.63) is 70.2 Å². The predicted octanol–water partition coefficient (Wildman–Crippen LogP) is 4.71. The van der Waals surface area contributed by atoms with E-state index in [0.717, 1.165) is 22.0 Å². The molecule has 0 unspecified atom stereocenters. The van der Waals surface area contributed by atoms with Crippen molar-refractivity contribution < 1.29 is 9.59 Å². The van der Waals surface area contributed by atoms with E-state index in [-0.39, 0.29) is 17.9 Å². The van der Waals surface area contributed by atoms with Crippen molar-refractivity contribution in [1.82, 2.24) is 10.2 Å². The Morgan fingerprint density at radius 2 is 1.71 bits per heavy atom. The van der Waals surface area contributed by atoms with Crippen LogP contribution in [0.3, 0.4) is 0 Å². The van der Waals surface area contributed by atoms with Gasteiger partial charge in [-0.2, -0.15) is 0 Å². The summed E-state index contributed by atoms with van der Waals surface area (Å²) in [5.74, 6) is -0.129. The van der Waals surface area contributed by atoms with Crippen LogP contribution in [0.1, 0.15) is 44.7 Å². The molecule has 28 heavy (non-hydrogen) atoms. The van der Waals surface area contributed by atoms with Gasteiger partial charge in [0.2, 0.25) is 11.8 Å². The van der Waals surface area contributed by atoms with Crippen molar-refractivity contribution >= 4 is 27.7 Å². The summed E-state index contributed by atoms with van der Waals surface area (Å²) < 4.78 is 0.956. The van der Waals surface area contributed by atoms with Crippen LogP contribution in [-0.4, -0.2) is 28.8 Å². The van der Waals surface area contributed by atoms with E-state index in [0.29, 0.717) is 19.4 Å². The largest absolute Gasteiger partial charge is 0.352 e. The minimum Gasteiger partial charge on any atom is -0.352 e. The molecule has 0 aromatic heterocycles. The number of carbonyl (C=O) groups is 2. The lowest BCUT2D eigenvalue weighted by Crippen LogP contribution is -2.52. The Bertz CT molecular complexity index is 779. The molecule has 150 valence electrons. The van der Waals surface area contributed by atoms with Gasteiger partial charge in [-0.1, -0.05) is 72.2 Å². The highest BCUT2D eigenvalue weighted by molar-refractivity contribution is 9.10. The number of benzene rings is 2. The van der Waals surface area contributed by atoms with Crippen LogP contribution >= 0.6 is 15.9 Å². The van der Waals surface area contributed by atoms with Crippen LogP contribution in [-0.2, 0) is 22.6 Å². The molecule has 2 amide bonds. The highest BCUT2D eigenvalue weighted by Crippen LogP contribution is 2.18. The molecule has 2 aromatic carbocycles. The molecule has 0 aliphatic rings. The second-order valence-corrected chi connectivity index (χ2v) is 7.94. The molecule has 0 saturated carbocycles. The molecule has 0 saturated heterocycles. The van der Waals surface area contributed by atoms with Crippen LogP contribution in [0, 0.1) is 0 Å². The highest BCUT2D eigenvalue weighted by atomic mass is 79.9. The maximum absolute atomic E-state index is 13.1. The van der Waals surface area contributed by atoms with Crippen molar-refractivity contribution in [3.63, 3.8) is 0 Å². The molecule has 2 atom stereocenters. The van der Waals surface area contributed by atoms with Gasteiger partial charge < -0.3 is 10.2 Å². The third kappa shape index (κ3) is 6.48. The summed E-state index contributed by atoms with van der Waals surface area (Å²) in [7, 11) is 0. The number of hydrogen-bond acceptors (Lipinski definition) is 2. The maximum Gasteiger partial charge on any atom is 0.243 e. The lowest BCUT2D eigenvalue weighted by Gasteiger charge is -2.32. The number of nitrogens with one attached hydrogen (secondary N) is 1. The minimum atomic E-state index is -0.553. The van der Waals surface area contributed by atoms with Gasteiger partial charge in [-0.3, -0.25) is 9.59 Å². The lowest BCUT2D eigenvalue weighted by atomic mass is 10.0. The Morgan fingerprint density at radius 3 is 2.32 bits per heavy atom. The first-order valence-electron chi connectivity index (χ1n) is 9.82. The van der Waals surface area contributed by atoms with Gasteiger partial charge >= 0.3 is 0 Å². The molecular weight excluding hydrogens is 416 g/mol. The molecule has 0 radical (unpaired) electrons. The van der Waals surface area contributed by atoms with Crippen LogP contribution in [0.15, 0.2) is 59.1 Å². The Kier molecular flexibility index (Phi) is 8.71. The predicted molar refractivity (Wildman–Crippen MR) is 117 cm³/mol. The summed E-state index contributed by atoms with van der Waals surface area (Å²) in [6.07, 6.45) is 1.69. The quantitative estimate of drug-likeness (QED) is 0.608. The Labute approximate surface area is 176 Å². The highest BCUT2D eigenvalue weighted by Gasteiger charge is 2.30. The Hall–Kier alpha value is -2.14. The molecular formula is C23H29BrN2O2. The van der Waals surface area contributed by atoms with Crippen molar-refractivity contribution in [2.45, 2.75) is 58.7 Å². The topological polar surface area (TPSA) is 49.4 Å². The molecule has 2 aromatic rings. The second-order valence-electron chi connectivity index (χ2n) is 7.03. The zero-order valence-corrected chi connectivity index (χ0v) is 18.4. The SMILES string of the molecule is CCC(=O)N(Cc1cccc(Br)c1)[C@H](Cc1ccccc1)C(=O)N[C@@H](C)CC. The van der Waals surface area contributed by atoms with Crippen LogP contribution in [0.25, 0.3) is 0 Å². The summed E-state index contributed by atoms with van der Waals surface area (Å²) in [6, 6.07) is 17.2. The molecule has 0 aliphatic heterocycles. The lowest BCUT2D eigenvalue weighted by molar-refractivity contribution is -0.141. The fourth-order valence-electron chi connectivity index (χ4n) is 3.03. The molecule has 0 spiro atoms. The average molecular weight is 445 g/mol. The van der Waals surface area contributed by atoms with Crippen molar-refractivity contribution in [2.24, 2.45) is 0 Å². The maximum atomic E-state index is 13.1. The summed E-state index contributed by atoms with van der Waals surface area (Å²) in [4.78, 5) is 27.7. The van der Waals surface area contributed by atoms with Crippen LogP contribution in [0.4, 0.5) is 0 Å². The van der Waals surface area contributed by atoms with Crippen molar-refractivity contribution in [3.8, 4) is 0 Å². The first-order chi connectivity index (χ1) is 13.4. The third-order valence-electron chi connectivity index (χ3n) is 4.82. The molecule has 1 N–H and O–H groups in total. The second kappa shape index (κ2) is 11.0. The zero-order chi connectivity index (χ0) is 20.5. The number of rotatable bonds is 9. The van der Waals surface area contributed by atoms with E-state index in [2.05, 4.69) is 21.2 Å². The number of amides is 2. The van der Waals surface area contributed by atoms with Crippen molar-refractivity contribution in [2.75, 3.05) is 0 Å². The van der Waals surface area contributed by atoms with Crippen molar-refractivity contribution in [1.29, 1.82) is 0 Å². The summed E-state index contributed by atoms with van der Waals surface area (Å²) in [5, 5.41) is 3.06. The summed E-state index contributed by atoms with van der Waals surface area (Å²) >= 11 is 3.49. The zero-order valence-electron chi connectivity index (χ0n) is 16.8. The smallest absolute Gasteiger partial charge is 0.243 e. The van der Waals surface area contributed by atoms with Gasteiger partial charge in [0, 0.05) is 29.9 Å². The van der Waals surface area contributed by atoms with Crippen LogP contribution in [0.5, 0.6) is 0 Å². The Morgan fingerprint density at radius 1 is 1.04 bits per heavy atom. The Balaban J connectivity index is 2.35. The molecule has 5 heteroatoms. The monoisotopic (exact) mass is 444 g/mol. The van der Waals surface area contributed by atoms with Crippen LogP contribution < -0.4 is 5.32 Å². The van der Waals surface area contributed by atoms with Gasteiger partial charge in [-0.15, -0.1) is 0 Å². The van der Waals surface area contributed by atoms with E-state index >= 15 is 0 Å². The molecule has 2 rings (SSSR count). The van der Waals surface area contributed by atoms with Gasteiger partial charge in [0.15, 0.2) is 0 Å². The number of nitrogens with zero attached hydrogens (tertiary/aromatic N) is 1. The average Bonchev–Trinajstić information content (AvgIpc) is 2.70. The van der Waals surface area contributed by atoms with Gasteiger partial charge in [0.05, 0.1) is 0 Å². The summed E-state index contributed by atoms with van der Waals surface area (Å²) in [6.45, 7) is 6.26. The van der Waals surface area contributed by atoms with E-state index in [1.54, 1.807) is 4.90 Å². The number of hydrogen-bond donors (Lipinski definition) is 1. The summed E-state index contributed by atoms with van der Waals surface area (Å²) in [5.41, 5.74) is 2.03. The van der Waals surface area contributed by atoms with Gasteiger partial charge in [0.1, 0.15) is 6.04 Å². The van der Waals surface area contributed by atoms with E-state index in [4.69, 9.17) is 0 Å². The molecule has 4 nitrogen and oxygen atoms in total. The third-order valence-corrected chi connectivity index (χ3v) is 5.31. The first-order valence-corrected chi connectivity index (χ1v) is 10.6. The fourth-order valence-corrected chi connectivity index (χ4v) is 3.48. The van der Waals surface area contributed by atoms with E-state index in [9.17, 15) is 9.59 Å².